The fraction of sp³-hybridized carbons (Fsp3) is 0.200. The zero-order valence-electron chi connectivity index (χ0n) is 13.9. The van der Waals surface area contributed by atoms with E-state index in [0.29, 0.717) is 16.9 Å². The van der Waals surface area contributed by atoms with E-state index < -0.39 is 0 Å². The molecular weight excluding hydrogens is 317 g/mol. The van der Waals surface area contributed by atoms with Gasteiger partial charge in [0.05, 0.1) is 5.69 Å². The molecule has 5 heteroatoms. The molecule has 2 aromatic carbocycles. The maximum atomic E-state index is 13.7. The van der Waals surface area contributed by atoms with Crippen LogP contribution < -0.4 is 5.32 Å². The van der Waals surface area contributed by atoms with Gasteiger partial charge < -0.3 is 5.32 Å². The molecule has 0 saturated carbocycles. The van der Waals surface area contributed by atoms with Crippen molar-refractivity contribution in [1.82, 2.24) is 9.78 Å². The van der Waals surface area contributed by atoms with E-state index in [2.05, 4.69) is 10.4 Å². The first-order valence-electron chi connectivity index (χ1n) is 8.37. The van der Waals surface area contributed by atoms with Gasteiger partial charge in [-0.25, -0.2) is 9.07 Å². The van der Waals surface area contributed by atoms with E-state index >= 15 is 0 Å². The number of fused-ring (bicyclic) bond motifs is 1. The minimum atomic E-state index is -0.335. The molecule has 1 N–H and O–H groups in total. The molecule has 1 aromatic heterocycles. The number of anilines is 1. The maximum Gasteiger partial charge on any atom is 0.276 e. The van der Waals surface area contributed by atoms with Crippen molar-refractivity contribution in [3.05, 3.63) is 76.9 Å². The average molecular weight is 335 g/mol. The number of carbonyl (C=O) groups is 1. The van der Waals surface area contributed by atoms with Crippen LogP contribution in [0.3, 0.4) is 0 Å². The lowest BCUT2D eigenvalue weighted by Gasteiger charge is -2.06. The van der Waals surface area contributed by atoms with Crippen molar-refractivity contribution in [1.29, 1.82) is 0 Å². The first-order valence-corrected chi connectivity index (χ1v) is 8.37. The van der Waals surface area contributed by atoms with Crippen LogP contribution in [0.15, 0.2) is 48.5 Å². The maximum absolute atomic E-state index is 13.7. The Morgan fingerprint density at radius 2 is 1.96 bits per heavy atom. The first-order chi connectivity index (χ1) is 12.1. The molecule has 1 amide bonds. The lowest BCUT2D eigenvalue weighted by atomic mass is 10.1. The third-order valence-corrected chi connectivity index (χ3v) is 4.58. The normalized spacial score (nSPS) is 12.9. The standard InChI is InChI=1S/C20H18FN3O/c1-13-10-11-14(12-17(13)21)22-20(25)19-16-8-5-9-18(16)24(23-19)15-6-3-2-4-7-15/h2-4,6-7,10-12H,5,8-9H2,1H3,(H,22,25). The number of hydrogen-bond donors (Lipinski definition) is 1. The Bertz CT molecular complexity index is 947. The second-order valence-corrected chi connectivity index (χ2v) is 6.29. The molecule has 25 heavy (non-hydrogen) atoms. The average Bonchev–Trinajstić information content (AvgIpc) is 3.21. The molecule has 0 atom stereocenters. The second kappa shape index (κ2) is 6.16. The molecule has 0 bridgehead atoms. The van der Waals surface area contributed by atoms with Crippen LogP contribution in [0, 0.1) is 12.7 Å². The topological polar surface area (TPSA) is 46.9 Å². The fourth-order valence-electron chi connectivity index (χ4n) is 3.26. The Hall–Kier alpha value is -2.95. The summed E-state index contributed by atoms with van der Waals surface area (Å²) < 4.78 is 15.6. The number of carbonyl (C=O) groups excluding carboxylic acids is 1. The van der Waals surface area contributed by atoms with Crippen molar-refractivity contribution in [3.8, 4) is 5.69 Å². The Morgan fingerprint density at radius 1 is 1.16 bits per heavy atom. The molecular formula is C20H18FN3O. The van der Waals surface area contributed by atoms with Crippen LogP contribution in [0.2, 0.25) is 0 Å². The minimum Gasteiger partial charge on any atom is -0.320 e. The monoisotopic (exact) mass is 335 g/mol. The number of rotatable bonds is 3. The smallest absolute Gasteiger partial charge is 0.276 e. The van der Waals surface area contributed by atoms with Crippen molar-refractivity contribution in [2.45, 2.75) is 26.2 Å². The Labute approximate surface area is 145 Å². The fourth-order valence-corrected chi connectivity index (χ4v) is 3.26. The minimum absolute atomic E-state index is 0.295. The van der Waals surface area contributed by atoms with Gasteiger partial charge in [0.25, 0.3) is 5.91 Å². The second-order valence-electron chi connectivity index (χ2n) is 6.29. The molecule has 0 unspecified atom stereocenters. The Kier molecular flexibility index (Phi) is 3.84. The van der Waals surface area contributed by atoms with E-state index in [-0.39, 0.29) is 11.7 Å². The molecule has 4 nitrogen and oxygen atoms in total. The van der Waals surface area contributed by atoms with Crippen LogP contribution in [0.5, 0.6) is 0 Å². The van der Waals surface area contributed by atoms with Gasteiger partial charge in [-0.2, -0.15) is 5.10 Å². The summed E-state index contributed by atoms with van der Waals surface area (Å²) in [6.07, 6.45) is 2.76. The zero-order chi connectivity index (χ0) is 17.4. The van der Waals surface area contributed by atoms with Gasteiger partial charge >= 0.3 is 0 Å². The van der Waals surface area contributed by atoms with E-state index in [9.17, 15) is 9.18 Å². The summed E-state index contributed by atoms with van der Waals surface area (Å²) in [5.74, 6) is -0.631. The number of nitrogens with zero attached hydrogens (tertiary/aromatic N) is 2. The summed E-state index contributed by atoms with van der Waals surface area (Å²) in [6, 6.07) is 14.5. The number of amides is 1. The van der Waals surface area contributed by atoms with Crippen LogP contribution >= 0.6 is 0 Å². The molecule has 1 aliphatic rings. The lowest BCUT2D eigenvalue weighted by Crippen LogP contribution is -2.15. The SMILES string of the molecule is Cc1ccc(NC(=O)c2nn(-c3ccccc3)c3c2CCC3)cc1F. The number of nitrogens with one attached hydrogen (secondary N) is 1. The molecule has 0 fully saturated rings. The van der Waals surface area contributed by atoms with Crippen LogP contribution in [-0.2, 0) is 12.8 Å². The number of halogens is 1. The molecule has 126 valence electrons. The zero-order valence-corrected chi connectivity index (χ0v) is 13.9. The van der Waals surface area contributed by atoms with Crippen LogP contribution in [0.4, 0.5) is 10.1 Å². The van der Waals surface area contributed by atoms with E-state index in [1.165, 1.54) is 6.07 Å². The number of aryl methyl sites for hydroxylation is 1. The molecule has 1 aliphatic carbocycles. The molecule has 0 aliphatic heterocycles. The van der Waals surface area contributed by atoms with E-state index in [1.54, 1.807) is 19.1 Å². The molecule has 0 saturated heterocycles. The number of benzene rings is 2. The molecule has 3 aromatic rings. The molecule has 1 heterocycles. The summed E-state index contributed by atoms with van der Waals surface area (Å²) in [5.41, 5.74) is 4.44. The van der Waals surface area contributed by atoms with Gasteiger partial charge in [-0.15, -0.1) is 0 Å². The van der Waals surface area contributed by atoms with Gasteiger partial charge in [0.15, 0.2) is 5.69 Å². The highest BCUT2D eigenvalue weighted by Gasteiger charge is 2.27. The van der Waals surface area contributed by atoms with Crippen molar-refractivity contribution >= 4 is 11.6 Å². The van der Waals surface area contributed by atoms with Crippen molar-refractivity contribution in [3.63, 3.8) is 0 Å². The van der Waals surface area contributed by atoms with Crippen LogP contribution in [0.1, 0.15) is 33.7 Å². The van der Waals surface area contributed by atoms with Gasteiger partial charge in [-0.05, 0) is 56.0 Å². The lowest BCUT2D eigenvalue weighted by molar-refractivity contribution is 0.102. The highest BCUT2D eigenvalue weighted by atomic mass is 19.1. The summed E-state index contributed by atoms with van der Waals surface area (Å²) in [4.78, 5) is 12.7. The Balaban J connectivity index is 1.68. The number of hydrogen-bond acceptors (Lipinski definition) is 2. The molecule has 4 rings (SSSR count). The summed E-state index contributed by atoms with van der Waals surface area (Å²) in [5, 5.41) is 7.32. The van der Waals surface area contributed by atoms with Crippen molar-refractivity contribution < 1.29 is 9.18 Å². The predicted octanol–water partition coefficient (Wildman–Crippen LogP) is 4.06. The van der Waals surface area contributed by atoms with Crippen LogP contribution in [0.25, 0.3) is 5.69 Å². The number of aromatic nitrogens is 2. The van der Waals surface area contributed by atoms with Gasteiger partial charge in [-0.3, -0.25) is 4.79 Å². The predicted molar refractivity (Wildman–Crippen MR) is 94.7 cm³/mol. The van der Waals surface area contributed by atoms with Gasteiger partial charge in [0.2, 0.25) is 0 Å². The van der Waals surface area contributed by atoms with Gasteiger partial charge in [0.1, 0.15) is 5.82 Å². The quantitative estimate of drug-likeness (QED) is 0.784. The third kappa shape index (κ3) is 2.82. The molecule has 0 radical (unpaired) electrons. The summed E-state index contributed by atoms with van der Waals surface area (Å²) in [7, 11) is 0. The third-order valence-electron chi connectivity index (χ3n) is 4.58. The van der Waals surface area contributed by atoms with E-state index in [4.69, 9.17) is 0 Å². The Morgan fingerprint density at radius 3 is 2.72 bits per heavy atom. The van der Waals surface area contributed by atoms with E-state index in [1.807, 2.05) is 35.0 Å². The highest BCUT2D eigenvalue weighted by molar-refractivity contribution is 6.04. The first kappa shape index (κ1) is 15.6. The van der Waals surface area contributed by atoms with Crippen molar-refractivity contribution in [2.75, 3.05) is 5.32 Å². The molecule has 0 spiro atoms. The largest absolute Gasteiger partial charge is 0.320 e. The highest BCUT2D eigenvalue weighted by Crippen LogP contribution is 2.28. The van der Waals surface area contributed by atoms with Crippen molar-refractivity contribution in [2.24, 2.45) is 0 Å². The summed E-state index contributed by atoms with van der Waals surface area (Å²) >= 11 is 0. The summed E-state index contributed by atoms with van der Waals surface area (Å²) in [6.45, 7) is 1.69. The number of para-hydroxylation sites is 1. The van der Waals surface area contributed by atoms with Gasteiger partial charge in [-0.1, -0.05) is 24.3 Å². The van der Waals surface area contributed by atoms with Crippen LogP contribution in [-0.4, -0.2) is 15.7 Å². The van der Waals surface area contributed by atoms with E-state index in [0.717, 1.165) is 36.2 Å². The van der Waals surface area contributed by atoms with Gasteiger partial charge in [0, 0.05) is 16.9 Å².